The van der Waals surface area contributed by atoms with Gasteiger partial charge in [-0.1, -0.05) is 12.1 Å². The molecule has 1 atom stereocenters. The van der Waals surface area contributed by atoms with Crippen molar-refractivity contribution < 1.29 is 9.59 Å². The maximum absolute atomic E-state index is 12.3. The predicted molar refractivity (Wildman–Crippen MR) is 95.7 cm³/mol. The highest BCUT2D eigenvalue weighted by Crippen LogP contribution is 2.12. The summed E-state index contributed by atoms with van der Waals surface area (Å²) in [5.41, 5.74) is 7.37. The summed E-state index contributed by atoms with van der Waals surface area (Å²) in [6, 6.07) is 7.51. The number of hydrogen-bond acceptors (Lipinski definition) is 4. The van der Waals surface area contributed by atoms with Gasteiger partial charge in [-0.15, -0.1) is 0 Å². The summed E-state index contributed by atoms with van der Waals surface area (Å²) in [4.78, 5) is 28.2. The second-order valence-electron chi connectivity index (χ2n) is 6.62. The quantitative estimate of drug-likeness (QED) is 0.817. The first-order chi connectivity index (χ1) is 11.4. The van der Waals surface area contributed by atoms with Crippen molar-refractivity contribution in [2.75, 3.05) is 38.5 Å². The summed E-state index contributed by atoms with van der Waals surface area (Å²) in [5, 5.41) is 2.85. The zero-order chi connectivity index (χ0) is 17.5. The fraction of sp³-hybridized carbons (Fsp3) is 0.556. The Kier molecular flexibility index (Phi) is 6.75. The van der Waals surface area contributed by atoms with Crippen LogP contribution in [-0.4, -0.2) is 60.9 Å². The lowest BCUT2D eigenvalue weighted by atomic mass is 10.1. The smallest absolute Gasteiger partial charge is 0.227 e. The van der Waals surface area contributed by atoms with Gasteiger partial charge in [0.2, 0.25) is 11.8 Å². The Balaban J connectivity index is 1.81. The van der Waals surface area contributed by atoms with Crippen LogP contribution in [0.3, 0.4) is 0 Å². The third-order valence-electron chi connectivity index (χ3n) is 4.28. The normalized spacial score (nSPS) is 16.7. The van der Waals surface area contributed by atoms with E-state index in [0.717, 1.165) is 37.4 Å². The third kappa shape index (κ3) is 5.94. The first kappa shape index (κ1) is 18.4. The molecule has 1 heterocycles. The van der Waals surface area contributed by atoms with Crippen molar-refractivity contribution in [3.63, 3.8) is 0 Å². The molecular formula is C18H28N4O2. The first-order valence-corrected chi connectivity index (χ1v) is 8.54. The van der Waals surface area contributed by atoms with Gasteiger partial charge in [-0.25, -0.2) is 0 Å². The van der Waals surface area contributed by atoms with Gasteiger partial charge in [0.1, 0.15) is 0 Å². The van der Waals surface area contributed by atoms with Gasteiger partial charge in [-0.2, -0.15) is 0 Å². The Morgan fingerprint density at radius 2 is 1.79 bits per heavy atom. The average Bonchev–Trinajstić information content (AvgIpc) is 2.55. The molecule has 1 aliphatic heterocycles. The molecule has 6 nitrogen and oxygen atoms in total. The molecule has 3 N–H and O–H groups in total. The summed E-state index contributed by atoms with van der Waals surface area (Å²) < 4.78 is 0. The fourth-order valence-corrected chi connectivity index (χ4v) is 2.63. The van der Waals surface area contributed by atoms with Gasteiger partial charge >= 0.3 is 0 Å². The maximum Gasteiger partial charge on any atom is 0.227 e. The SMILES string of the molecule is CC(N)CCC(=O)Nc1ccc(CC(=O)N2CCN(C)CC2)cc1. The van der Waals surface area contributed by atoms with Crippen LogP contribution >= 0.6 is 0 Å². The standard InChI is InChI=1S/C18H28N4O2/c1-14(19)3-8-17(23)20-16-6-4-15(5-7-16)13-18(24)22-11-9-21(2)10-12-22/h4-7,14H,3,8-13,19H2,1-2H3,(H,20,23). The number of amides is 2. The van der Waals surface area contributed by atoms with Crippen molar-refractivity contribution >= 4 is 17.5 Å². The number of rotatable bonds is 6. The fourth-order valence-electron chi connectivity index (χ4n) is 2.63. The summed E-state index contributed by atoms with van der Waals surface area (Å²) in [6.07, 6.45) is 1.49. The van der Waals surface area contributed by atoms with E-state index in [1.165, 1.54) is 0 Å². The number of hydrogen-bond donors (Lipinski definition) is 2. The molecule has 6 heteroatoms. The minimum absolute atomic E-state index is 0.0266. The number of nitrogens with one attached hydrogen (secondary N) is 1. The molecule has 1 saturated heterocycles. The van der Waals surface area contributed by atoms with Gasteiger partial charge < -0.3 is 20.9 Å². The molecule has 2 amide bonds. The highest BCUT2D eigenvalue weighted by atomic mass is 16.2. The zero-order valence-corrected chi connectivity index (χ0v) is 14.6. The number of piperazine rings is 1. The molecule has 132 valence electrons. The molecule has 0 spiro atoms. The Labute approximate surface area is 144 Å². The summed E-state index contributed by atoms with van der Waals surface area (Å²) in [7, 11) is 2.07. The van der Waals surface area contributed by atoms with E-state index in [2.05, 4.69) is 17.3 Å². The van der Waals surface area contributed by atoms with E-state index in [1.807, 2.05) is 36.1 Å². The van der Waals surface area contributed by atoms with E-state index >= 15 is 0 Å². The second kappa shape index (κ2) is 8.80. The highest BCUT2D eigenvalue weighted by molar-refractivity contribution is 5.90. The monoisotopic (exact) mass is 332 g/mol. The molecule has 0 aliphatic carbocycles. The van der Waals surface area contributed by atoms with Gasteiger partial charge in [0, 0.05) is 44.3 Å². The van der Waals surface area contributed by atoms with Crippen molar-refractivity contribution in [3.05, 3.63) is 29.8 Å². The van der Waals surface area contributed by atoms with Crippen LogP contribution < -0.4 is 11.1 Å². The number of benzene rings is 1. The van der Waals surface area contributed by atoms with Crippen molar-refractivity contribution in [1.29, 1.82) is 0 Å². The minimum Gasteiger partial charge on any atom is -0.340 e. The Bertz CT molecular complexity index is 549. The van der Waals surface area contributed by atoms with Gasteiger partial charge in [0.05, 0.1) is 6.42 Å². The van der Waals surface area contributed by atoms with Crippen LogP contribution in [0.15, 0.2) is 24.3 Å². The first-order valence-electron chi connectivity index (χ1n) is 8.54. The van der Waals surface area contributed by atoms with Crippen LogP contribution in [0.4, 0.5) is 5.69 Å². The summed E-state index contributed by atoms with van der Waals surface area (Å²) in [6.45, 7) is 5.34. The largest absolute Gasteiger partial charge is 0.340 e. The lowest BCUT2D eigenvalue weighted by Gasteiger charge is -2.32. The lowest BCUT2D eigenvalue weighted by Crippen LogP contribution is -2.47. The Morgan fingerprint density at radius 1 is 1.17 bits per heavy atom. The number of carbonyl (C=O) groups is 2. The van der Waals surface area contributed by atoms with Crippen molar-refractivity contribution in [3.8, 4) is 0 Å². The molecule has 0 aromatic heterocycles. The minimum atomic E-state index is -0.0337. The van der Waals surface area contributed by atoms with E-state index in [0.29, 0.717) is 19.3 Å². The van der Waals surface area contributed by atoms with E-state index in [4.69, 9.17) is 5.73 Å². The summed E-state index contributed by atoms with van der Waals surface area (Å²) in [5.74, 6) is 0.130. The zero-order valence-electron chi connectivity index (χ0n) is 14.6. The van der Waals surface area contributed by atoms with Gasteiger partial charge in [0.15, 0.2) is 0 Å². The molecule has 2 rings (SSSR count). The van der Waals surface area contributed by atoms with Crippen molar-refractivity contribution in [1.82, 2.24) is 9.80 Å². The van der Waals surface area contributed by atoms with Crippen LogP contribution in [-0.2, 0) is 16.0 Å². The topological polar surface area (TPSA) is 78.7 Å². The number of nitrogens with two attached hydrogens (primary N) is 1. The molecule has 1 aromatic carbocycles. The van der Waals surface area contributed by atoms with E-state index in [1.54, 1.807) is 0 Å². The van der Waals surface area contributed by atoms with E-state index in [9.17, 15) is 9.59 Å². The van der Waals surface area contributed by atoms with E-state index < -0.39 is 0 Å². The summed E-state index contributed by atoms with van der Waals surface area (Å²) >= 11 is 0. The number of likely N-dealkylation sites (N-methyl/N-ethyl adjacent to an activating group) is 1. The number of anilines is 1. The molecule has 0 saturated carbocycles. The Hall–Kier alpha value is -1.92. The average molecular weight is 332 g/mol. The van der Waals surface area contributed by atoms with Crippen LogP contribution in [0.25, 0.3) is 0 Å². The molecule has 24 heavy (non-hydrogen) atoms. The van der Waals surface area contributed by atoms with Gasteiger partial charge in [0.25, 0.3) is 0 Å². The van der Waals surface area contributed by atoms with Crippen LogP contribution in [0.5, 0.6) is 0 Å². The highest BCUT2D eigenvalue weighted by Gasteiger charge is 2.18. The van der Waals surface area contributed by atoms with Crippen LogP contribution in [0.1, 0.15) is 25.3 Å². The van der Waals surface area contributed by atoms with E-state index in [-0.39, 0.29) is 17.9 Å². The van der Waals surface area contributed by atoms with Gasteiger partial charge in [-0.3, -0.25) is 9.59 Å². The third-order valence-corrected chi connectivity index (χ3v) is 4.28. The molecule has 1 fully saturated rings. The van der Waals surface area contributed by atoms with Crippen molar-refractivity contribution in [2.24, 2.45) is 5.73 Å². The van der Waals surface area contributed by atoms with Crippen LogP contribution in [0, 0.1) is 0 Å². The molecule has 1 unspecified atom stereocenters. The molecule has 1 aliphatic rings. The predicted octanol–water partition coefficient (Wildman–Crippen LogP) is 1.07. The molecular weight excluding hydrogens is 304 g/mol. The van der Waals surface area contributed by atoms with Crippen molar-refractivity contribution in [2.45, 2.75) is 32.2 Å². The number of carbonyl (C=O) groups excluding carboxylic acids is 2. The second-order valence-corrected chi connectivity index (χ2v) is 6.62. The molecule has 0 radical (unpaired) electrons. The lowest BCUT2D eigenvalue weighted by molar-refractivity contribution is -0.132. The Morgan fingerprint density at radius 3 is 2.38 bits per heavy atom. The van der Waals surface area contributed by atoms with Crippen LogP contribution in [0.2, 0.25) is 0 Å². The maximum atomic E-state index is 12.3. The number of nitrogens with zero attached hydrogens (tertiary/aromatic N) is 2. The molecule has 0 bridgehead atoms. The molecule has 1 aromatic rings. The van der Waals surface area contributed by atoms with Gasteiger partial charge in [-0.05, 0) is 38.1 Å².